The molecule has 0 aromatic heterocycles. The van der Waals surface area contributed by atoms with Crippen molar-refractivity contribution in [2.24, 2.45) is 72.7 Å². The van der Waals surface area contributed by atoms with E-state index in [2.05, 4.69) is 46.9 Å². The van der Waals surface area contributed by atoms with Crippen LogP contribution in [0.25, 0.3) is 0 Å². The number of likely N-dealkylation sites (tertiary alicyclic amines) is 5. The molecule has 5 aliphatic heterocycles. The van der Waals surface area contributed by atoms with Crippen molar-refractivity contribution in [3.63, 3.8) is 0 Å². The van der Waals surface area contributed by atoms with Gasteiger partial charge < -0.3 is 107 Å². The quantitative estimate of drug-likeness (QED) is 0.0158. The number of primary amides is 1. The molecule has 5 fully saturated rings. The molecule has 0 spiro atoms. The highest BCUT2D eigenvalue weighted by molar-refractivity contribution is 6.01. The van der Waals surface area contributed by atoms with E-state index in [-0.39, 0.29) is 158 Å². The Balaban J connectivity index is 1.33. The maximum Gasteiger partial charge on any atom is 0.326 e. The van der Waals surface area contributed by atoms with Crippen molar-refractivity contribution in [3.05, 3.63) is 0 Å². The van der Waals surface area contributed by atoms with Crippen LogP contribution in [0.5, 0.6) is 0 Å². The number of carboxylic acids is 1. The number of amides is 12. The molecule has 12 amide bonds. The van der Waals surface area contributed by atoms with Crippen molar-refractivity contribution in [2.75, 3.05) is 52.4 Å². The van der Waals surface area contributed by atoms with Crippen molar-refractivity contribution in [2.45, 2.75) is 229 Å². The van der Waals surface area contributed by atoms with E-state index in [9.17, 15) is 67.4 Å². The molecule has 0 saturated carbocycles. The molecule has 0 aromatic rings. The summed E-state index contributed by atoms with van der Waals surface area (Å²) < 4.78 is 0. The van der Waals surface area contributed by atoms with Crippen LogP contribution >= 0.6 is 0 Å². The van der Waals surface area contributed by atoms with E-state index in [1.54, 1.807) is 20.8 Å². The highest BCUT2D eigenvalue weighted by atomic mass is 16.4. The summed E-state index contributed by atoms with van der Waals surface area (Å²) in [6.45, 7) is 9.78. The molecule has 0 bridgehead atoms. The number of rotatable bonds is 36. The van der Waals surface area contributed by atoms with Crippen molar-refractivity contribution in [1.29, 1.82) is 0 Å². The van der Waals surface area contributed by atoms with Gasteiger partial charge in [-0.15, -0.1) is 0 Å². The molecule has 0 unspecified atom stereocenters. The van der Waals surface area contributed by atoms with Crippen LogP contribution in [0.4, 0.5) is 0 Å². The minimum Gasteiger partial charge on any atom is -0.480 e. The van der Waals surface area contributed by atoms with Crippen LogP contribution < -0.4 is 77.8 Å². The second-order valence-electron chi connectivity index (χ2n) is 26.7. The zero-order valence-electron chi connectivity index (χ0n) is 57.1. The molecule has 0 aliphatic carbocycles. The Bertz CT molecular complexity index is 2950. The fraction of sp³-hybridized carbons (Fsp3) is 0.742. The maximum atomic E-state index is 14.8. The summed E-state index contributed by atoms with van der Waals surface area (Å²) in [5, 5.41) is 25.8. The van der Waals surface area contributed by atoms with E-state index >= 15 is 0 Å². The Morgan fingerprint density at radius 2 is 0.704 bits per heavy atom. The van der Waals surface area contributed by atoms with Gasteiger partial charge in [-0.2, -0.15) is 0 Å². The first-order chi connectivity index (χ1) is 46.3. The highest BCUT2D eigenvalue weighted by Gasteiger charge is 2.48. The fourth-order valence-electron chi connectivity index (χ4n) is 13.3. The van der Waals surface area contributed by atoms with Gasteiger partial charge in [0.05, 0.1) is 12.5 Å². The molecule has 5 aliphatic rings. The maximum absolute atomic E-state index is 14.8. The average molecular weight is 1380 g/mol. The van der Waals surface area contributed by atoms with Crippen LogP contribution in [0, 0.1) is 11.8 Å². The number of hydrogen-bond donors (Lipinski definition) is 15. The normalized spacial score (nSPS) is 21.2. The van der Waals surface area contributed by atoms with Gasteiger partial charge in [-0.3, -0.25) is 72.5 Å². The monoisotopic (exact) mass is 1380 g/mol. The molecule has 23 N–H and O–H groups in total. The summed E-state index contributed by atoms with van der Waals surface area (Å²) in [6.07, 6.45) is 2.86. The molecule has 36 nitrogen and oxygen atoms in total. The van der Waals surface area contributed by atoms with Gasteiger partial charge in [0.2, 0.25) is 70.9 Å². The number of nitrogens with zero attached hydrogens (tertiary/aromatic N) is 8. The molecule has 12 atom stereocenters. The third kappa shape index (κ3) is 23.3. The van der Waals surface area contributed by atoms with Crippen molar-refractivity contribution in [3.8, 4) is 0 Å². The second kappa shape index (κ2) is 38.1. The average Bonchev–Trinajstić information content (AvgIpc) is 1.65. The first-order valence-corrected chi connectivity index (χ1v) is 34.1. The lowest BCUT2D eigenvalue weighted by atomic mass is 10.0. The summed E-state index contributed by atoms with van der Waals surface area (Å²) in [4.78, 5) is 201. The SMILES string of the molecule is CC(C)C[C@H](NC(=O)[C@H](CCCN=C(N)N)NC(=O)[C@@H]1CCCN1C(=O)[C@H](CCCN=C(N)N)NC(=O)[C@H](CC(N)=O)NC(=O)[C@H](CCCN=C(N)N)NC(=O)[C@@H]1CCCN1C(=O)[C@@H]1CCCN1C(=O)[C@H](CC(C)C)NC(=O)[C@@H]1CCCN1C(=O)[C@@H]1CCCN1C(=O)[C@H](C)N)C(=O)O. The van der Waals surface area contributed by atoms with Crippen LogP contribution in [0.15, 0.2) is 15.0 Å². The fourth-order valence-corrected chi connectivity index (χ4v) is 13.3. The molecule has 98 heavy (non-hydrogen) atoms. The van der Waals surface area contributed by atoms with Crippen LogP contribution in [0.1, 0.15) is 157 Å². The third-order valence-electron chi connectivity index (χ3n) is 17.9. The number of guanidine groups is 3. The van der Waals surface area contributed by atoms with Crippen LogP contribution in [-0.4, -0.2) is 249 Å². The molecule has 0 aromatic carbocycles. The van der Waals surface area contributed by atoms with Gasteiger partial charge in [-0.05, 0) is 134 Å². The predicted molar refractivity (Wildman–Crippen MR) is 359 cm³/mol. The van der Waals surface area contributed by atoms with Gasteiger partial charge in [0.1, 0.15) is 66.5 Å². The zero-order valence-corrected chi connectivity index (χ0v) is 57.1. The molecule has 5 rings (SSSR count). The first kappa shape index (κ1) is 79.6. The lowest BCUT2D eigenvalue weighted by Crippen LogP contribution is -2.60. The van der Waals surface area contributed by atoms with Crippen molar-refractivity contribution in [1.82, 2.24) is 56.4 Å². The summed E-state index contributed by atoms with van der Waals surface area (Å²) in [5.74, 6) is -10.8. The zero-order chi connectivity index (χ0) is 72.7. The largest absolute Gasteiger partial charge is 0.480 e. The minimum atomic E-state index is -1.79. The summed E-state index contributed by atoms with van der Waals surface area (Å²) in [7, 11) is 0. The van der Waals surface area contributed by atoms with Gasteiger partial charge in [-0.25, -0.2) is 4.79 Å². The Morgan fingerprint density at radius 1 is 0.398 bits per heavy atom. The third-order valence-corrected chi connectivity index (χ3v) is 17.9. The Labute approximate surface area is 570 Å². The molecular weight excluding hydrogens is 1280 g/mol. The van der Waals surface area contributed by atoms with Gasteiger partial charge in [0.15, 0.2) is 17.9 Å². The van der Waals surface area contributed by atoms with Gasteiger partial charge >= 0.3 is 5.97 Å². The number of aliphatic carboxylic acids is 1. The van der Waals surface area contributed by atoms with E-state index in [0.29, 0.717) is 51.5 Å². The van der Waals surface area contributed by atoms with Crippen LogP contribution in [-0.2, 0) is 62.3 Å². The highest BCUT2D eigenvalue weighted by Crippen LogP contribution is 2.29. The van der Waals surface area contributed by atoms with E-state index in [1.807, 2.05) is 13.8 Å². The van der Waals surface area contributed by atoms with Crippen LogP contribution in [0.3, 0.4) is 0 Å². The van der Waals surface area contributed by atoms with Gasteiger partial charge in [-0.1, -0.05) is 27.7 Å². The Kier molecular flexibility index (Phi) is 31.0. The lowest BCUT2D eigenvalue weighted by Gasteiger charge is -2.35. The van der Waals surface area contributed by atoms with Crippen LogP contribution in [0.2, 0.25) is 0 Å². The molecule has 5 saturated heterocycles. The van der Waals surface area contributed by atoms with Gasteiger partial charge in [0.25, 0.3) is 0 Å². The predicted octanol–water partition coefficient (Wildman–Crippen LogP) is -5.59. The van der Waals surface area contributed by atoms with Gasteiger partial charge in [0, 0.05) is 52.4 Å². The molecular formula is C62H106N22O14. The Hall–Kier alpha value is -9.12. The number of nitrogens with one attached hydrogen (secondary N) is 6. The summed E-state index contributed by atoms with van der Waals surface area (Å²) in [5.41, 5.74) is 44.8. The van der Waals surface area contributed by atoms with Crippen molar-refractivity contribution < 1.29 is 67.4 Å². The lowest BCUT2D eigenvalue weighted by molar-refractivity contribution is -0.149. The van der Waals surface area contributed by atoms with E-state index in [1.165, 1.54) is 24.5 Å². The van der Waals surface area contributed by atoms with E-state index in [4.69, 9.17) is 45.9 Å². The molecule has 36 heteroatoms. The first-order valence-electron chi connectivity index (χ1n) is 34.1. The number of hydrogen-bond acceptors (Lipinski definition) is 17. The van der Waals surface area contributed by atoms with E-state index < -0.39 is 144 Å². The van der Waals surface area contributed by atoms with Crippen molar-refractivity contribution >= 4 is 94.7 Å². The van der Waals surface area contributed by atoms with E-state index in [0.717, 1.165) is 0 Å². The topological polar surface area (TPSA) is 576 Å². The molecule has 5 heterocycles. The summed E-state index contributed by atoms with van der Waals surface area (Å²) >= 11 is 0. The number of nitrogens with two attached hydrogens (primary N) is 8. The summed E-state index contributed by atoms with van der Waals surface area (Å²) in [6, 6.07) is -14.3. The molecule has 548 valence electrons. The number of carbonyl (C=O) groups is 13. The number of carboxylic acid groups (broad SMARTS) is 1. The Morgan fingerprint density at radius 3 is 1.08 bits per heavy atom. The number of aliphatic imine (C=N–C) groups is 3. The standard InChI is InChI=1S/C62H106N22O14/c1-33(2)30-40(78-53(91)44-19-11-27-82(44)57(95)45-20-12-28-83(45)54(92)35(5)63)56(94)84-29-13-21-46(84)58(96)81-26-10-18-43(81)52(90)74-36(14-6-22-71-60(65)66)48(86)77-39(32-47(64)85)50(88)76-38(16-8-24-73-62(69)70)55(93)80-25-9-17-42(80)51(89)75-37(15-7-23-72-61(67)68)49(87)79-41(59(97)98)31-34(3)4/h33-46H,6-32,63H2,1-5H3,(H2,64,85)(H,74,90)(H,75,89)(H,76,88)(H,77,86)(H,78,91)(H,79,87)(H,97,98)(H4,65,66,71)(H4,67,68,72)(H4,69,70,73)/t35-,36-,37-,38-,39-,40-,41-,42-,43-,44-,45-,46-/m0/s1. The molecule has 0 radical (unpaired) electrons. The minimum absolute atomic E-state index is 0.00321. The number of carbonyl (C=O) groups excluding carboxylic acids is 12. The second-order valence-corrected chi connectivity index (χ2v) is 26.7. The smallest absolute Gasteiger partial charge is 0.326 e.